The molecule has 0 spiro atoms. The van der Waals surface area contributed by atoms with Gasteiger partial charge >= 0.3 is 0 Å². The molecule has 1 aliphatic heterocycles. The molecule has 3 aromatic rings. The third-order valence-electron chi connectivity index (χ3n) is 5.92. The van der Waals surface area contributed by atoms with Crippen LogP contribution in [0.2, 0.25) is 5.02 Å². The summed E-state index contributed by atoms with van der Waals surface area (Å²) >= 11 is 12.3. The first kappa shape index (κ1) is 25.0. The van der Waals surface area contributed by atoms with Gasteiger partial charge in [-0.05, 0) is 86.2 Å². The largest absolute Gasteiger partial charge is 0.363 e. The highest BCUT2D eigenvalue weighted by molar-refractivity contribution is 7.80. The summed E-state index contributed by atoms with van der Waals surface area (Å²) in [7, 11) is 0. The van der Waals surface area contributed by atoms with Gasteiger partial charge in [0.2, 0.25) is 5.91 Å². The number of rotatable bonds is 7. The van der Waals surface area contributed by atoms with Crippen LogP contribution in [-0.4, -0.2) is 30.2 Å². The second-order valence-corrected chi connectivity index (χ2v) is 9.41. The Morgan fingerprint density at radius 2 is 1.54 bits per heavy atom. The normalized spacial score (nSPS) is 13.7. The van der Waals surface area contributed by atoms with Crippen molar-refractivity contribution in [1.82, 2.24) is 5.32 Å². The van der Waals surface area contributed by atoms with Gasteiger partial charge in [-0.15, -0.1) is 0 Å². The van der Waals surface area contributed by atoms with Crippen molar-refractivity contribution in [3.05, 3.63) is 83.4 Å². The number of anilines is 4. The number of amides is 1. The van der Waals surface area contributed by atoms with Crippen molar-refractivity contribution in [2.45, 2.75) is 32.4 Å². The minimum Gasteiger partial charge on any atom is -0.363 e. The van der Waals surface area contributed by atoms with Gasteiger partial charge in [0, 0.05) is 36.6 Å². The van der Waals surface area contributed by atoms with Crippen molar-refractivity contribution in [3.63, 3.8) is 0 Å². The Bertz CT molecular complexity index is 1150. The Labute approximate surface area is 217 Å². The minimum atomic E-state index is -0.106. The van der Waals surface area contributed by atoms with E-state index in [9.17, 15) is 4.79 Å². The molecule has 0 aliphatic carbocycles. The summed E-state index contributed by atoms with van der Waals surface area (Å²) in [6.45, 7) is 4.32. The highest BCUT2D eigenvalue weighted by Gasteiger charge is 2.23. The van der Waals surface area contributed by atoms with E-state index in [1.165, 1.54) is 12.5 Å². The van der Waals surface area contributed by atoms with Gasteiger partial charge in [0.15, 0.2) is 5.11 Å². The molecule has 0 aromatic heterocycles. The smallest absolute Gasteiger partial charge is 0.221 e. The summed E-state index contributed by atoms with van der Waals surface area (Å²) in [5.74, 6) is -0.106. The van der Waals surface area contributed by atoms with Crippen LogP contribution < -0.4 is 26.2 Å². The van der Waals surface area contributed by atoms with Gasteiger partial charge < -0.3 is 26.2 Å². The highest BCUT2D eigenvalue weighted by atomic mass is 35.5. The number of halogens is 1. The lowest BCUT2D eigenvalue weighted by Gasteiger charge is -2.37. The first-order valence-electron chi connectivity index (χ1n) is 11.7. The molecule has 0 radical (unpaired) electrons. The summed E-state index contributed by atoms with van der Waals surface area (Å²) in [4.78, 5) is 13.6. The molecule has 8 heteroatoms. The van der Waals surface area contributed by atoms with Crippen LogP contribution in [0.5, 0.6) is 0 Å². The lowest BCUT2D eigenvalue weighted by molar-refractivity contribution is -0.114. The monoisotopic (exact) mass is 507 g/mol. The van der Waals surface area contributed by atoms with Crippen molar-refractivity contribution in [1.29, 1.82) is 0 Å². The standard InChI is InChI=1S/C27H30ClN5OS/c1-19(34)30-21-7-9-22(10-8-21)31-27(35)32-23-11-12-26(25(28)17-23)33(24-13-15-29-16-14-24)18-20-5-3-2-4-6-20/h2-12,17,24,29H,13-16,18H2,1H3,(H,30,34)(H2,31,32,35). The molecule has 0 atom stereocenters. The van der Waals surface area contributed by atoms with E-state index in [0.717, 1.165) is 55.2 Å². The predicted octanol–water partition coefficient (Wildman–Crippen LogP) is 5.87. The maximum absolute atomic E-state index is 11.2. The van der Waals surface area contributed by atoms with E-state index in [-0.39, 0.29) is 5.91 Å². The van der Waals surface area contributed by atoms with E-state index < -0.39 is 0 Å². The minimum absolute atomic E-state index is 0.106. The Hall–Kier alpha value is -3.13. The number of hydrogen-bond acceptors (Lipinski definition) is 4. The molecule has 0 bridgehead atoms. The number of nitrogens with zero attached hydrogens (tertiary/aromatic N) is 1. The van der Waals surface area contributed by atoms with Crippen LogP contribution in [0.25, 0.3) is 0 Å². The van der Waals surface area contributed by atoms with Crippen LogP contribution >= 0.6 is 23.8 Å². The zero-order valence-electron chi connectivity index (χ0n) is 19.7. The predicted molar refractivity (Wildman–Crippen MR) is 151 cm³/mol. The molecule has 182 valence electrons. The van der Waals surface area contributed by atoms with Crippen molar-refractivity contribution in [2.24, 2.45) is 0 Å². The second-order valence-electron chi connectivity index (χ2n) is 8.60. The summed E-state index contributed by atoms with van der Waals surface area (Å²) < 4.78 is 0. The van der Waals surface area contributed by atoms with Gasteiger partial charge in [-0.3, -0.25) is 4.79 Å². The summed E-state index contributed by atoms with van der Waals surface area (Å²) in [5.41, 5.74) is 4.66. The van der Waals surface area contributed by atoms with E-state index in [0.29, 0.717) is 16.2 Å². The van der Waals surface area contributed by atoms with Gasteiger partial charge in [-0.1, -0.05) is 41.9 Å². The van der Waals surface area contributed by atoms with Crippen LogP contribution in [0.3, 0.4) is 0 Å². The average molecular weight is 508 g/mol. The first-order valence-corrected chi connectivity index (χ1v) is 12.5. The molecule has 1 fully saturated rings. The molecule has 0 saturated carbocycles. The fourth-order valence-corrected chi connectivity index (χ4v) is 4.79. The topological polar surface area (TPSA) is 68.4 Å². The molecule has 4 rings (SSSR count). The fourth-order valence-electron chi connectivity index (χ4n) is 4.26. The molecule has 1 heterocycles. The van der Waals surface area contributed by atoms with Gasteiger partial charge in [0.05, 0.1) is 10.7 Å². The maximum atomic E-state index is 11.2. The van der Waals surface area contributed by atoms with E-state index in [1.54, 1.807) is 0 Å². The first-order chi connectivity index (χ1) is 17.0. The van der Waals surface area contributed by atoms with Crippen molar-refractivity contribution < 1.29 is 4.79 Å². The van der Waals surface area contributed by atoms with Crippen LogP contribution in [0, 0.1) is 0 Å². The fraction of sp³-hybridized carbons (Fsp3) is 0.259. The van der Waals surface area contributed by atoms with Crippen molar-refractivity contribution >= 4 is 57.6 Å². The molecule has 1 amide bonds. The molecule has 0 unspecified atom stereocenters. The molecule has 1 aliphatic rings. The number of piperidine rings is 1. The van der Waals surface area contributed by atoms with E-state index in [2.05, 4.69) is 56.5 Å². The molecule has 1 saturated heterocycles. The molecular formula is C27H30ClN5OS. The zero-order valence-corrected chi connectivity index (χ0v) is 21.3. The number of thiocarbonyl (C=S) groups is 1. The van der Waals surface area contributed by atoms with Crippen LogP contribution in [0.4, 0.5) is 22.7 Å². The Balaban J connectivity index is 1.44. The Morgan fingerprint density at radius 1 is 0.943 bits per heavy atom. The van der Waals surface area contributed by atoms with E-state index >= 15 is 0 Å². The zero-order chi connectivity index (χ0) is 24.6. The average Bonchev–Trinajstić information content (AvgIpc) is 2.85. The van der Waals surface area contributed by atoms with E-state index in [1.807, 2.05) is 42.5 Å². The van der Waals surface area contributed by atoms with Gasteiger partial charge in [-0.25, -0.2) is 0 Å². The SMILES string of the molecule is CC(=O)Nc1ccc(NC(=S)Nc2ccc(N(Cc3ccccc3)C3CCNCC3)c(Cl)c2)cc1. The van der Waals surface area contributed by atoms with Crippen LogP contribution in [0.1, 0.15) is 25.3 Å². The van der Waals surface area contributed by atoms with Gasteiger partial charge in [0.1, 0.15) is 0 Å². The van der Waals surface area contributed by atoms with Gasteiger partial charge in [-0.2, -0.15) is 0 Å². The Morgan fingerprint density at radius 3 is 2.17 bits per heavy atom. The van der Waals surface area contributed by atoms with Crippen LogP contribution in [-0.2, 0) is 11.3 Å². The maximum Gasteiger partial charge on any atom is 0.221 e. The van der Waals surface area contributed by atoms with Crippen LogP contribution in [0.15, 0.2) is 72.8 Å². The van der Waals surface area contributed by atoms with Crippen molar-refractivity contribution in [2.75, 3.05) is 33.9 Å². The quantitative estimate of drug-likeness (QED) is 0.300. The molecule has 6 nitrogen and oxygen atoms in total. The number of nitrogens with one attached hydrogen (secondary N) is 4. The molecule has 3 aromatic carbocycles. The number of hydrogen-bond donors (Lipinski definition) is 4. The number of carbonyl (C=O) groups is 1. The molecule has 35 heavy (non-hydrogen) atoms. The van der Waals surface area contributed by atoms with E-state index in [4.69, 9.17) is 23.8 Å². The lowest BCUT2D eigenvalue weighted by Crippen LogP contribution is -2.43. The molecule has 4 N–H and O–H groups in total. The third-order valence-corrected chi connectivity index (χ3v) is 6.43. The number of carbonyl (C=O) groups excluding carboxylic acids is 1. The van der Waals surface area contributed by atoms with Gasteiger partial charge in [0.25, 0.3) is 0 Å². The van der Waals surface area contributed by atoms with Crippen molar-refractivity contribution in [3.8, 4) is 0 Å². The summed E-state index contributed by atoms with van der Waals surface area (Å²) in [6, 6.07) is 24.3. The lowest BCUT2D eigenvalue weighted by atomic mass is 10.0. The Kier molecular flexibility index (Phi) is 8.58. The summed E-state index contributed by atoms with van der Waals surface area (Å²) in [6.07, 6.45) is 2.16. The summed E-state index contributed by atoms with van der Waals surface area (Å²) in [5, 5.41) is 13.7. The molecular weight excluding hydrogens is 478 g/mol. The third kappa shape index (κ3) is 7.18. The second kappa shape index (κ2) is 12.0. The number of benzene rings is 3. The highest BCUT2D eigenvalue weighted by Crippen LogP contribution is 2.33.